The predicted molar refractivity (Wildman–Crippen MR) is 159 cm³/mol. The Labute approximate surface area is 247 Å². The molecule has 42 heavy (non-hydrogen) atoms. The molecule has 4 atom stereocenters. The summed E-state index contributed by atoms with van der Waals surface area (Å²) in [6.45, 7) is 2.04. The van der Waals surface area contributed by atoms with E-state index < -0.39 is 16.3 Å². The highest BCUT2D eigenvalue weighted by molar-refractivity contribution is 7.99. The van der Waals surface area contributed by atoms with Gasteiger partial charge in [0.15, 0.2) is 11.4 Å². The number of para-hydroxylation sites is 1. The molecule has 3 N–H and O–H groups in total. The lowest BCUT2D eigenvalue weighted by Crippen LogP contribution is -2.38. The number of ether oxygens (including phenoxy) is 2. The van der Waals surface area contributed by atoms with E-state index in [1.54, 1.807) is 42.6 Å². The van der Waals surface area contributed by atoms with Crippen molar-refractivity contribution in [1.29, 1.82) is 0 Å². The Morgan fingerprint density at radius 2 is 1.79 bits per heavy atom. The number of sulfonamides is 1. The van der Waals surface area contributed by atoms with Crippen molar-refractivity contribution in [1.82, 2.24) is 20.2 Å². The summed E-state index contributed by atoms with van der Waals surface area (Å²) in [5.41, 5.74) is 3.23. The van der Waals surface area contributed by atoms with E-state index in [1.807, 2.05) is 42.5 Å². The number of rotatable bonds is 9. The quantitative estimate of drug-likeness (QED) is 0.193. The zero-order valence-corrected chi connectivity index (χ0v) is 24.3. The Hall–Kier alpha value is -3.81. The fourth-order valence-corrected chi connectivity index (χ4v) is 7.16. The fraction of sp³-hybridized carbons (Fsp3) is 0.233. The molecule has 6 rings (SSSR count). The van der Waals surface area contributed by atoms with Crippen molar-refractivity contribution in [2.45, 2.75) is 42.1 Å². The van der Waals surface area contributed by atoms with Crippen LogP contribution in [-0.2, 0) is 26.1 Å². The molecule has 0 saturated carbocycles. The zero-order valence-electron chi connectivity index (χ0n) is 22.6. The van der Waals surface area contributed by atoms with E-state index in [2.05, 4.69) is 31.8 Å². The third-order valence-electron chi connectivity index (χ3n) is 7.20. The number of nitrogens with zero attached hydrogens (tertiary/aromatic N) is 3. The molecule has 1 saturated heterocycles. The summed E-state index contributed by atoms with van der Waals surface area (Å²) in [5, 5.41) is 17.7. The van der Waals surface area contributed by atoms with E-state index in [0.717, 1.165) is 16.5 Å². The van der Waals surface area contributed by atoms with Crippen LogP contribution in [0, 0.1) is 5.92 Å². The second-order valence-electron chi connectivity index (χ2n) is 9.99. The number of aliphatic hydroxyl groups is 1. The first-order chi connectivity index (χ1) is 20.4. The summed E-state index contributed by atoms with van der Waals surface area (Å²) in [6.07, 6.45) is 1.76. The average Bonchev–Trinajstić information content (AvgIpc) is 3.54. The monoisotopic (exact) mass is 603 g/mol. The first-order valence-corrected chi connectivity index (χ1v) is 15.8. The fourth-order valence-electron chi connectivity index (χ4n) is 4.99. The van der Waals surface area contributed by atoms with Gasteiger partial charge in [-0.25, -0.2) is 13.4 Å². The van der Waals surface area contributed by atoms with Crippen LogP contribution in [0.4, 0.5) is 5.69 Å². The second-order valence-corrected chi connectivity index (χ2v) is 12.6. The molecular formula is C30H29N5O5S2. The summed E-state index contributed by atoms with van der Waals surface area (Å²) in [4.78, 5) is 8.60. The van der Waals surface area contributed by atoms with E-state index >= 15 is 0 Å². The molecular weight excluding hydrogens is 574 g/mol. The molecule has 1 fully saturated rings. The van der Waals surface area contributed by atoms with Gasteiger partial charge in [-0.2, -0.15) is 5.10 Å². The predicted octanol–water partition coefficient (Wildman–Crippen LogP) is 5.23. The number of hydrogen-bond acceptors (Lipinski definition) is 9. The molecule has 5 aromatic rings. The van der Waals surface area contributed by atoms with Gasteiger partial charge in [-0.3, -0.25) is 14.8 Å². The normalized spacial score (nSPS) is 20.9. The number of anilines is 1. The van der Waals surface area contributed by atoms with Crippen LogP contribution in [0.5, 0.6) is 0 Å². The minimum Gasteiger partial charge on any atom is -0.392 e. The van der Waals surface area contributed by atoms with Gasteiger partial charge >= 0.3 is 0 Å². The van der Waals surface area contributed by atoms with Crippen LogP contribution < -0.4 is 4.72 Å². The molecule has 0 spiro atoms. The number of aromatic nitrogens is 4. The van der Waals surface area contributed by atoms with Crippen molar-refractivity contribution in [2.24, 2.45) is 5.92 Å². The summed E-state index contributed by atoms with van der Waals surface area (Å²) in [5.74, 6) is 0.583. The Bertz CT molecular complexity index is 1760. The Morgan fingerprint density at radius 1 is 0.976 bits per heavy atom. The number of aliphatic hydroxyl groups excluding tert-OH is 1. The van der Waals surface area contributed by atoms with Crippen molar-refractivity contribution in [2.75, 3.05) is 10.5 Å². The van der Waals surface area contributed by atoms with Crippen LogP contribution in [0.15, 0.2) is 101 Å². The Balaban J connectivity index is 1.28. The molecule has 0 amide bonds. The van der Waals surface area contributed by atoms with E-state index in [4.69, 9.17) is 9.47 Å². The Kier molecular flexibility index (Phi) is 8.22. The molecule has 2 aromatic heterocycles. The maximum atomic E-state index is 13.4. The number of pyridine rings is 1. The lowest BCUT2D eigenvalue weighted by Gasteiger charge is -2.41. The third-order valence-corrected chi connectivity index (χ3v) is 9.58. The maximum absolute atomic E-state index is 13.4. The summed E-state index contributed by atoms with van der Waals surface area (Å²) in [7, 11) is -3.94. The molecule has 1 unspecified atom stereocenters. The topological polar surface area (TPSA) is 139 Å². The highest BCUT2D eigenvalue weighted by atomic mass is 32.2. The molecule has 0 bridgehead atoms. The Morgan fingerprint density at radius 3 is 2.57 bits per heavy atom. The largest absolute Gasteiger partial charge is 0.392 e. The number of fused-ring (bicyclic) bond motifs is 1. The van der Waals surface area contributed by atoms with Gasteiger partial charge in [0.05, 0.1) is 24.3 Å². The van der Waals surface area contributed by atoms with E-state index in [1.165, 1.54) is 18.1 Å². The number of nitrogens with one attached hydrogen (secondary N) is 2. The van der Waals surface area contributed by atoms with Gasteiger partial charge in [0.2, 0.25) is 0 Å². The van der Waals surface area contributed by atoms with Crippen LogP contribution in [0.3, 0.4) is 0 Å². The van der Waals surface area contributed by atoms with Gasteiger partial charge in [-0.05, 0) is 35.4 Å². The van der Waals surface area contributed by atoms with Crippen LogP contribution in [0.25, 0.3) is 10.9 Å². The smallest absolute Gasteiger partial charge is 0.264 e. The summed E-state index contributed by atoms with van der Waals surface area (Å²) >= 11 is 1.51. The minimum absolute atomic E-state index is 0.0165. The highest BCUT2D eigenvalue weighted by Gasteiger charge is 2.38. The second kappa shape index (κ2) is 12.2. The van der Waals surface area contributed by atoms with Gasteiger partial charge in [-0.15, -0.1) is 0 Å². The van der Waals surface area contributed by atoms with Gasteiger partial charge in [-0.1, -0.05) is 73.3 Å². The molecule has 12 heteroatoms. The number of benzene rings is 3. The first-order valence-electron chi connectivity index (χ1n) is 13.4. The molecule has 1 aliphatic rings. The van der Waals surface area contributed by atoms with Gasteiger partial charge in [0, 0.05) is 34.5 Å². The minimum atomic E-state index is -3.94. The number of hydrogen-bond donors (Lipinski definition) is 3. The number of thioether (sulfide) groups is 1. The summed E-state index contributed by atoms with van der Waals surface area (Å²) < 4.78 is 42.6. The molecule has 0 radical (unpaired) electrons. The molecule has 1 aliphatic heterocycles. The lowest BCUT2D eigenvalue weighted by molar-refractivity contribution is -0.268. The molecule has 10 nitrogen and oxygen atoms in total. The number of aromatic amines is 1. The van der Waals surface area contributed by atoms with Crippen molar-refractivity contribution in [3.05, 3.63) is 108 Å². The standard InChI is InChI=1S/C30H29N5O5S2/c1-19-25(17-41-30-32-18-33-34-30)39-29(40-28(19)22-12-10-20(16-36)11-13-22)23-6-2-8-24(15-23)35-42(37,38)26-9-3-5-21-7-4-14-31-27(21)26/h2-15,18-19,25,28-29,35-36H,16-17H2,1H3,(H,32,33,34)/t19-,25+,28+,29?/m0/s1. The maximum Gasteiger partial charge on any atom is 0.264 e. The highest BCUT2D eigenvalue weighted by Crippen LogP contribution is 2.43. The van der Waals surface area contributed by atoms with Crippen molar-refractivity contribution in [3.8, 4) is 0 Å². The third kappa shape index (κ3) is 6.03. The van der Waals surface area contributed by atoms with Crippen molar-refractivity contribution >= 4 is 38.4 Å². The first kappa shape index (κ1) is 28.3. The molecule has 3 aromatic carbocycles. The van der Waals surface area contributed by atoms with Crippen LogP contribution >= 0.6 is 11.8 Å². The SMILES string of the molecule is C[C@H]1[C@@H](CSc2ncn[nH]2)OC(c2cccc(NS(=O)(=O)c3cccc4cccnc34)c2)O[C@H]1c1ccc(CO)cc1. The van der Waals surface area contributed by atoms with E-state index in [0.29, 0.717) is 27.7 Å². The zero-order chi connectivity index (χ0) is 29.1. The van der Waals surface area contributed by atoms with Crippen LogP contribution in [-0.4, -0.2) is 45.5 Å². The van der Waals surface area contributed by atoms with Crippen LogP contribution in [0.2, 0.25) is 0 Å². The van der Waals surface area contributed by atoms with Crippen LogP contribution in [0.1, 0.15) is 36.0 Å². The lowest BCUT2D eigenvalue weighted by atomic mass is 9.91. The summed E-state index contributed by atoms with van der Waals surface area (Å²) in [6, 6.07) is 23.4. The molecule has 0 aliphatic carbocycles. The van der Waals surface area contributed by atoms with E-state index in [-0.39, 0.29) is 29.6 Å². The average molecular weight is 604 g/mol. The molecule has 3 heterocycles. The number of H-pyrrole nitrogens is 1. The van der Waals surface area contributed by atoms with Gasteiger partial charge in [0.1, 0.15) is 11.2 Å². The van der Waals surface area contributed by atoms with Crippen molar-refractivity contribution < 1.29 is 23.0 Å². The van der Waals surface area contributed by atoms with Gasteiger partial charge < -0.3 is 14.6 Å². The van der Waals surface area contributed by atoms with Gasteiger partial charge in [0.25, 0.3) is 10.0 Å². The molecule has 216 valence electrons. The van der Waals surface area contributed by atoms with E-state index in [9.17, 15) is 13.5 Å². The van der Waals surface area contributed by atoms with Crippen molar-refractivity contribution in [3.63, 3.8) is 0 Å².